The lowest BCUT2D eigenvalue weighted by Crippen LogP contribution is -2.46. The highest BCUT2D eigenvalue weighted by molar-refractivity contribution is 7.89. The van der Waals surface area contributed by atoms with E-state index < -0.39 is 10.0 Å². The van der Waals surface area contributed by atoms with Crippen molar-refractivity contribution in [2.24, 2.45) is 11.1 Å². The van der Waals surface area contributed by atoms with Crippen molar-refractivity contribution in [3.8, 4) is 0 Å². The van der Waals surface area contributed by atoms with Crippen LogP contribution in [-0.2, 0) is 21.2 Å². The van der Waals surface area contributed by atoms with Crippen LogP contribution in [0.5, 0.6) is 0 Å². The molecular weight excluding hydrogens is 398 g/mol. The van der Waals surface area contributed by atoms with Crippen LogP contribution in [0.1, 0.15) is 37.3 Å². The van der Waals surface area contributed by atoms with Crippen molar-refractivity contribution in [1.29, 1.82) is 0 Å². The molecule has 0 unspecified atom stereocenters. The number of nitrogens with one attached hydrogen (secondary N) is 1. The van der Waals surface area contributed by atoms with Crippen LogP contribution in [0.3, 0.4) is 0 Å². The molecule has 3 N–H and O–H groups in total. The molecule has 1 amide bonds. The van der Waals surface area contributed by atoms with Gasteiger partial charge >= 0.3 is 0 Å². The molecule has 2 aromatic rings. The van der Waals surface area contributed by atoms with Crippen LogP contribution < -0.4 is 10.5 Å². The van der Waals surface area contributed by atoms with Crippen LogP contribution in [0, 0.1) is 12.8 Å². The maximum Gasteiger partial charge on any atom is 0.241 e. The second-order valence-corrected chi connectivity index (χ2v) is 9.80. The van der Waals surface area contributed by atoms with Crippen molar-refractivity contribution >= 4 is 21.6 Å². The number of benzene rings is 2. The molecule has 0 bridgehead atoms. The number of sulfonamides is 1. The van der Waals surface area contributed by atoms with Crippen molar-refractivity contribution in [3.63, 3.8) is 0 Å². The summed E-state index contributed by atoms with van der Waals surface area (Å²) in [6, 6.07) is 14.5. The number of amides is 1. The summed E-state index contributed by atoms with van der Waals surface area (Å²) in [6.45, 7) is 5.79. The topological polar surface area (TPSA) is 92.5 Å². The number of carbonyl (C=O) groups is 1. The van der Waals surface area contributed by atoms with Gasteiger partial charge in [-0.1, -0.05) is 35.9 Å². The van der Waals surface area contributed by atoms with E-state index in [1.54, 1.807) is 12.1 Å². The average molecular weight is 430 g/mol. The van der Waals surface area contributed by atoms with Crippen LogP contribution in [0.4, 0.5) is 5.69 Å². The Labute approximate surface area is 179 Å². The van der Waals surface area contributed by atoms with Gasteiger partial charge in [0.25, 0.3) is 0 Å². The van der Waals surface area contributed by atoms with Crippen LogP contribution in [0.25, 0.3) is 0 Å². The third-order valence-corrected chi connectivity index (χ3v) is 6.88. The van der Waals surface area contributed by atoms with Crippen molar-refractivity contribution < 1.29 is 13.2 Å². The van der Waals surface area contributed by atoms with Crippen molar-refractivity contribution in [3.05, 3.63) is 59.7 Å². The van der Waals surface area contributed by atoms with E-state index in [1.165, 1.54) is 29.7 Å². The highest BCUT2D eigenvalue weighted by Gasteiger charge is 2.26. The first-order chi connectivity index (χ1) is 14.2. The van der Waals surface area contributed by atoms with Gasteiger partial charge < -0.3 is 5.32 Å². The third kappa shape index (κ3) is 6.14. The Morgan fingerprint density at radius 2 is 1.83 bits per heavy atom. The van der Waals surface area contributed by atoms with Gasteiger partial charge in [-0.3, -0.25) is 9.69 Å². The Morgan fingerprint density at radius 1 is 1.17 bits per heavy atom. The van der Waals surface area contributed by atoms with Crippen molar-refractivity contribution in [1.82, 2.24) is 4.90 Å². The number of primary sulfonamides is 1. The molecule has 1 heterocycles. The Morgan fingerprint density at radius 3 is 2.47 bits per heavy atom. The van der Waals surface area contributed by atoms with Gasteiger partial charge in [-0.25, -0.2) is 13.6 Å². The molecule has 6 nitrogen and oxygen atoms in total. The van der Waals surface area contributed by atoms with Gasteiger partial charge in [0.1, 0.15) is 0 Å². The minimum absolute atomic E-state index is 0.0117. The highest BCUT2D eigenvalue weighted by Crippen LogP contribution is 2.24. The quantitative estimate of drug-likeness (QED) is 0.706. The van der Waals surface area contributed by atoms with Crippen molar-refractivity contribution in [2.45, 2.75) is 50.5 Å². The van der Waals surface area contributed by atoms with Gasteiger partial charge in [-0.15, -0.1) is 0 Å². The van der Waals surface area contributed by atoms with E-state index in [-0.39, 0.29) is 16.8 Å². The molecular formula is C23H31N3O3S. The number of hydrogen-bond donors (Lipinski definition) is 2. The van der Waals surface area contributed by atoms with E-state index in [2.05, 4.69) is 41.4 Å². The summed E-state index contributed by atoms with van der Waals surface area (Å²) in [5, 5.41) is 7.98. The molecule has 1 atom stereocenters. The minimum atomic E-state index is -3.80. The molecule has 1 fully saturated rings. The number of carbonyl (C=O) groups excluding carboxylic acids is 1. The number of hydrogen-bond acceptors (Lipinski definition) is 4. The van der Waals surface area contributed by atoms with Crippen LogP contribution in [0.15, 0.2) is 53.4 Å². The summed E-state index contributed by atoms with van der Waals surface area (Å²) in [7, 11) is -3.80. The Balaban J connectivity index is 1.48. The van der Waals surface area contributed by atoms with Gasteiger partial charge in [0.15, 0.2) is 0 Å². The lowest BCUT2D eigenvalue weighted by Gasteiger charge is -2.35. The zero-order chi connectivity index (χ0) is 21.7. The van der Waals surface area contributed by atoms with E-state index >= 15 is 0 Å². The van der Waals surface area contributed by atoms with Crippen LogP contribution in [0.2, 0.25) is 0 Å². The summed E-state index contributed by atoms with van der Waals surface area (Å²) in [6.07, 6.45) is 4.45. The zero-order valence-electron chi connectivity index (χ0n) is 17.7. The standard InChI is InChI=1S/C23H31N3O3S/c1-17-6-8-19(9-7-17)10-11-20-12-14-26(15-13-20)18(2)23(27)25-21-4-3-5-22(16-21)30(24,28)29/h3-9,16,18,20H,10-15H2,1-2H3,(H,25,27)(H2,24,28,29)/t18-/m1/s1. The van der Waals surface area contributed by atoms with Gasteiger partial charge in [0, 0.05) is 5.69 Å². The average Bonchev–Trinajstić information content (AvgIpc) is 2.73. The Kier molecular flexibility index (Phi) is 7.28. The SMILES string of the molecule is Cc1ccc(CCC2CCN([C@H](C)C(=O)Nc3cccc(S(N)(=O)=O)c3)CC2)cc1. The molecule has 2 aromatic carbocycles. The molecule has 1 saturated heterocycles. The molecule has 30 heavy (non-hydrogen) atoms. The summed E-state index contributed by atoms with van der Waals surface area (Å²) in [5.74, 6) is 0.545. The first kappa shape index (κ1) is 22.5. The molecule has 7 heteroatoms. The van der Waals surface area contributed by atoms with Gasteiger partial charge in [0.2, 0.25) is 15.9 Å². The predicted octanol–water partition coefficient (Wildman–Crippen LogP) is 3.31. The van der Waals surface area contributed by atoms with Gasteiger partial charge in [0.05, 0.1) is 10.9 Å². The summed E-state index contributed by atoms with van der Waals surface area (Å²) < 4.78 is 23.0. The van der Waals surface area contributed by atoms with Crippen LogP contribution in [-0.4, -0.2) is 38.4 Å². The second-order valence-electron chi connectivity index (χ2n) is 8.24. The van der Waals surface area contributed by atoms with Gasteiger partial charge in [-0.05, 0) is 82.3 Å². The largest absolute Gasteiger partial charge is 0.325 e. The molecule has 0 aromatic heterocycles. The molecule has 1 aliphatic heterocycles. The van der Waals surface area contributed by atoms with E-state index in [4.69, 9.17) is 5.14 Å². The number of anilines is 1. The molecule has 0 spiro atoms. The summed E-state index contributed by atoms with van der Waals surface area (Å²) >= 11 is 0. The monoisotopic (exact) mass is 429 g/mol. The van der Waals surface area contributed by atoms with Crippen molar-refractivity contribution in [2.75, 3.05) is 18.4 Å². The number of aryl methyl sites for hydroxylation is 2. The van der Waals surface area contributed by atoms with Gasteiger partial charge in [-0.2, -0.15) is 0 Å². The van der Waals surface area contributed by atoms with E-state index in [9.17, 15) is 13.2 Å². The predicted molar refractivity (Wildman–Crippen MR) is 120 cm³/mol. The molecule has 0 radical (unpaired) electrons. The smallest absolute Gasteiger partial charge is 0.241 e. The lowest BCUT2D eigenvalue weighted by molar-refractivity contribution is -0.121. The molecule has 0 aliphatic carbocycles. The zero-order valence-corrected chi connectivity index (χ0v) is 18.5. The molecule has 3 rings (SSSR count). The molecule has 1 aliphatic rings. The van der Waals surface area contributed by atoms with E-state index in [1.807, 2.05) is 6.92 Å². The Hall–Kier alpha value is -2.22. The van der Waals surface area contributed by atoms with E-state index in [0.717, 1.165) is 32.4 Å². The second kappa shape index (κ2) is 9.73. The fraction of sp³-hybridized carbons (Fsp3) is 0.435. The van der Waals surface area contributed by atoms with E-state index in [0.29, 0.717) is 11.6 Å². The number of nitrogens with zero attached hydrogens (tertiary/aromatic N) is 1. The lowest BCUT2D eigenvalue weighted by atomic mass is 9.90. The maximum absolute atomic E-state index is 12.7. The number of piperidine rings is 1. The fourth-order valence-electron chi connectivity index (χ4n) is 3.92. The number of nitrogens with two attached hydrogens (primary N) is 1. The molecule has 0 saturated carbocycles. The third-order valence-electron chi connectivity index (χ3n) is 5.97. The number of likely N-dealkylation sites (tertiary alicyclic amines) is 1. The summed E-state index contributed by atoms with van der Waals surface area (Å²) in [5.41, 5.74) is 3.11. The summed E-state index contributed by atoms with van der Waals surface area (Å²) in [4.78, 5) is 14.8. The highest BCUT2D eigenvalue weighted by atomic mass is 32.2. The first-order valence-corrected chi connectivity index (χ1v) is 12.0. The first-order valence-electron chi connectivity index (χ1n) is 10.5. The number of rotatable bonds is 7. The maximum atomic E-state index is 12.7. The molecule has 162 valence electrons. The van der Waals surface area contributed by atoms with Crippen LogP contribution >= 0.6 is 0 Å². The Bertz CT molecular complexity index is 965. The normalized spacial score (nSPS) is 16.9. The minimum Gasteiger partial charge on any atom is -0.325 e. The fourth-order valence-corrected chi connectivity index (χ4v) is 4.48.